The summed E-state index contributed by atoms with van der Waals surface area (Å²) in [6.45, 7) is 4.76. The number of aromatic amines is 1. The number of allylic oxidation sites excluding steroid dienone is 2. The first-order chi connectivity index (χ1) is 18.1. The van der Waals surface area contributed by atoms with Crippen molar-refractivity contribution in [2.45, 2.75) is 90.6 Å². The second-order valence-corrected chi connectivity index (χ2v) is 9.71. The van der Waals surface area contributed by atoms with E-state index in [1.165, 1.54) is 31.2 Å². The van der Waals surface area contributed by atoms with Crippen molar-refractivity contribution in [2.24, 2.45) is 0 Å². The van der Waals surface area contributed by atoms with Gasteiger partial charge in [0.2, 0.25) is 0 Å². The first-order valence-corrected chi connectivity index (χ1v) is 13.8. The number of aromatic nitrogens is 3. The SMILES string of the molecule is CC.COC(=O)C(Cc1c[nH]c2ccccc12)NC(=O)c1nn(CC2=CCCCC2)c2c1CCCCC2. The van der Waals surface area contributed by atoms with Gasteiger partial charge in [0.15, 0.2) is 5.69 Å². The number of benzene rings is 1. The summed E-state index contributed by atoms with van der Waals surface area (Å²) in [6.07, 6.45) is 14.4. The quantitative estimate of drug-likeness (QED) is 0.246. The van der Waals surface area contributed by atoms with Crippen LogP contribution < -0.4 is 5.32 Å². The Morgan fingerprint density at radius 2 is 1.86 bits per heavy atom. The summed E-state index contributed by atoms with van der Waals surface area (Å²) in [4.78, 5) is 29.5. The lowest BCUT2D eigenvalue weighted by molar-refractivity contribution is -0.142. The molecule has 0 bridgehead atoms. The molecule has 1 unspecified atom stereocenters. The normalized spacial score (nSPS) is 16.0. The number of nitrogens with zero attached hydrogens (tertiary/aromatic N) is 2. The zero-order valence-corrected chi connectivity index (χ0v) is 22.4. The van der Waals surface area contributed by atoms with Crippen molar-refractivity contribution < 1.29 is 14.3 Å². The molecule has 0 radical (unpaired) electrons. The summed E-state index contributed by atoms with van der Waals surface area (Å²) < 4.78 is 7.11. The number of rotatable bonds is 7. The Labute approximate surface area is 219 Å². The Balaban J connectivity index is 0.00000156. The second kappa shape index (κ2) is 12.7. The van der Waals surface area contributed by atoms with Crippen LogP contribution in [0.2, 0.25) is 0 Å². The van der Waals surface area contributed by atoms with Crippen LogP contribution in [0, 0.1) is 0 Å². The molecule has 1 aromatic carbocycles. The Kier molecular flexibility index (Phi) is 9.20. The van der Waals surface area contributed by atoms with E-state index < -0.39 is 12.0 Å². The number of ether oxygens (including phenoxy) is 1. The topological polar surface area (TPSA) is 89.0 Å². The van der Waals surface area contributed by atoms with Crippen molar-refractivity contribution >= 4 is 22.8 Å². The molecule has 0 saturated carbocycles. The van der Waals surface area contributed by atoms with Gasteiger partial charge in [0.25, 0.3) is 5.91 Å². The van der Waals surface area contributed by atoms with E-state index in [-0.39, 0.29) is 5.91 Å². The summed E-state index contributed by atoms with van der Waals surface area (Å²) in [7, 11) is 1.36. The molecule has 3 aromatic rings. The lowest BCUT2D eigenvalue weighted by Gasteiger charge is -2.16. The van der Waals surface area contributed by atoms with E-state index in [4.69, 9.17) is 9.84 Å². The van der Waals surface area contributed by atoms with E-state index >= 15 is 0 Å². The molecule has 5 rings (SSSR count). The summed E-state index contributed by atoms with van der Waals surface area (Å²) in [5, 5.41) is 8.81. The van der Waals surface area contributed by atoms with E-state index in [1.54, 1.807) is 0 Å². The predicted molar refractivity (Wildman–Crippen MR) is 147 cm³/mol. The summed E-state index contributed by atoms with van der Waals surface area (Å²) in [5.74, 6) is -0.753. The maximum Gasteiger partial charge on any atom is 0.328 e. The van der Waals surface area contributed by atoms with Gasteiger partial charge >= 0.3 is 5.97 Å². The number of hydrogen-bond acceptors (Lipinski definition) is 4. The summed E-state index contributed by atoms with van der Waals surface area (Å²) in [5.41, 5.74) is 6.07. The van der Waals surface area contributed by atoms with Crippen LogP contribution in [0.25, 0.3) is 10.9 Å². The van der Waals surface area contributed by atoms with Gasteiger partial charge in [0.05, 0.1) is 13.7 Å². The average Bonchev–Trinajstić information content (AvgIpc) is 3.40. The van der Waals surface area contributed by atoms with E-state index in [1.807, 2.05) is 44.3 Å². The lowest BCUT2D eigenvalue weighted by Crippen LogP contribution is -2.43. The Morgan fingerprint density at radius 3 is 2.65 bits per heavy atom. The second-order valence-electron chi connectivity index (χ2n) is 9.71. The van der Waals surface area contributed by atoms with Crippen LogP contribution in [-0.4, -0.2) is 39.8 Å². The number of carbonyl (C=O) groups is 2. The molecule has 0 fully saturated rings. The monoisotopic (exact) mass is 504 g/mol. The maximum atomic E-state index is 13.5. The molecule has 1 amide bonds. The molecule has 2 aliphatic carbocycles. The standard InChI is InChI=1S/C28H34N4O3.C2H6/c1-35-28(34)24(16-20-17-29-23-14-9-8-12-21(20)23)30-27(33)26-22-13-6-3-7-15-25(22)32(31-26)18-19-10-4-2-5-11-19;1-2/h8-10,12,14,17,24,29H,2-7,11,13,15-16,18H2,1H3,(H,30,33);1-2H3. The number of fused-ring (bicyclic) bond motifs is 2. The molecule has 0 saturated heterocycles. The number of carbonyl (C=O) groups excluding carboxylic acids is 2. The molecular formula is C30H40N4O3. The molecule has 0 spiro atoms. The average molecular weight is 505 g/mol. The van der Waals surface area contributed by atoms with Crippen LogP contribution in [0.4, 0.5) is 0 Å². The fourth-order valence-electron chi connectivity index (χ4n) is 5.48. The Morgan fingerprint density at radius 1 is 1.08 bits per heavy atom. The molecule has 2 aromatic heterocycles. The summed E-state index contributed by atoms with van der Waals surface area (Å²) in [6, 6.07) is 7.15. The first-order valence-electron chi connectivity index (χ1n) is 13.8. The van der Waals surface area contributed by atoms with Crippen LogP contribution in [0.1, 0.15) is 86.1 Å². The minimum absolute atomic E-state index is 0.297. The highest BCUT2D eigenvalue weighted by atomic mass is 16.5. The number of H-pyrrole nitrogens is 1. The molecule has 7 nitrogen and oxygen atoms in total. The molecule has 0 aliphatic heterocycles. The zero-order valence-electron chi connectivity index (χ0n) is 22.4. The lowest BCUT2D eigenvalue weighted by atomic mass is 9.99. The number of esters is 1. The van der Waals surface area contributed by atoms with Crippen molar-refractivity contribution in [2.75, 3.05) is 7.11 Å². The minimum atomic E-state index is -0.792. The molecule has 198 valence electrons. The molecule has 2 heterocycles. The van der Waals surface area contributed by atoms with Crippen molar-refractivity contribution in [1.82, 2.24) is 20.1 Å². The van der Waals surface area contributed by atoms with Crippen LogP contribution in [0.15, 0.2) is 42.1 Å². The van der Waals surface area contributed by atoms with Gasteiger partial charge in [-0.2, -0.15) is 5.10 Å². The van der Waals surface area contributed by atoms with Gasteiger partial charge in [-0.05, 0) is 63.0 Å². The van der Waals surface area contributed by atoms with Gasteiger partial charge in [-0.1, -0.05) is 50.1 Å². The first kappa shape index (κ1) is 26.7. The van der Waals surface area contributed by atoms with Crippen LogP contribution in [0.3, 0.4) is 0 Å². The van der Waals surface area contributed by atoms with Gasteiger partial charge in [0.1, 0.15) is 6.04 Å². The highest BCUT2D eigenvalue weighted by Crippen LogP contribution is 2.27. The maximum absolute atomic E-state index is 13.5. The van der Waals surface area contributed by atoms with Gasteiger partial charge in [-0.3, -0.25) is 9.48 Å². The minimum Gasteiger partial charge on any atom is -0.467 e. The van der Waals surface area contributed by atoms with Gasteiger partial charge in [-0.25, -0.2) is 4.79 Å². The van der Waals surface area contributed by atoms with Crippen LogP contribution >= 0.6 is 0 Å². The van der Waals surface area contributed by atoms with E-state index in [2.05, 4.69) is 21.1 Å². The third kappa shape index (κ3) is 6.14. The Bertz CT molecular complexity index is 1250. The fraction of sp³-hybridized carbons (Fsp3) is 0.500. The van der Waals surface area contributed by atoms with E-state index in [0.29, 0.717) is 12.1 Å². The van der Waals surface area contributed by atoms with Gasteiger partial charge in [0, 0.05) is 34.8 Å². The smallest absolute Gasteiger partial charge is 0.328 e. The van der Waals surface area contributed by atoms with Crippen LogP contribution in [0.5, 0.6) is 0 Å². The van der Waals surface area contributed by atoms with Crippen molar-refractivity contribution in [3.63, 3.8) is 0 Å². The number of methoxy groups -OCH3 is 1. The van der Waals surface area contributed by atoms with Gasteiger partial charge in [-0.15, -0.1) is 0 Å². The fourth-order valence-corrected chi connectivity index (χ4v) is 5.48. The summed E-state index contributed by atoms with van der Waals surface area (Å²) >= 11 is 0. The molecule has 2 aliphatic rings. The van der Waals surface area contributed by atoms with E-state index in [9.17, 15) is 9.59 Å². The zero-order chi connectivity index (χ0) is 26.2. The molecule has 2 N–H and O–H groups in total. The predicted octanol–water partition coefficient (Wildman–Crippen LogP) is 5.67. The molecule has 37 heavy (non-hydrogen) atoms. The third-order valence-electron chi connectivity index (χ3n) is 7.35. The number of hydrogen-bond donors (Lipinski definition) is 2. The largest absolute Gasteiger partial charge is 0.467 e. The number of nitrogens with one attached hydrogen (secondary N) is 2. The molecular weight excluding hydrogens is 464 g/mol. The van der Waals surface area contributed by atoms with Gasteiger partial charge < -0.3 is 15.0 Å². The van der Waals surface area contributed by atoms with E-state index in [0.717, 1.165) is 73.5 Å². The highest BCUT2D eigenvalue weighted by molar-refractivity contribution is 5.97. The molecule has 7 heteroatoms. The number of para-hydroxylation sites is 1. The number of amides is 1. The van der Waals surface area contributed by atoms with Crippen molar-refractivity contribution in [3.05, 3.63) is 64.6 Å². The molecule has 1 atom stereocenters. The van der Waals surface area contributed by atoms with Crippen LogP contribution in [-0.2, 0) is 35.3 Å². The highest BCUT2D eigenvalue weighted by Gasteiger charge is 2.29. The Hall–Kier alpha value is -3.35. The third-order valence-corrected chi connectivity index (χ3v) is 7.35. The van der Waals surface area contributed by atoms with Crippen molar-refractivity contribution in [3.8, 4) is 0 Å². The van der Waals surface area contributed by atoms with Crippen molar-refractivity contribution in [1.29, 1.82) is 0 Å².